The van der Waals surface area contributed by atoms with E-state index in [0.717, 1.165) is 0 Å². The molecule has 0 aromatic heterocycles. The van der Waals surface area contributed by atoms with Gasteiger partial charge in [-0.05, 0) is 18.2 Å². The molecular formula is C11H12FNO3. The van der Waals surface area contributed by atoms with Crippen LogP contribution < -0.4 is 4.90 Å². The summed E-state index contributed by atoms with van der Waals surface area (Å²) in [6.07, 6.45) is -0.756. The minimum absolute atomic E-state index is 0.291. The number of carbonyl (C=O) groups excluding carboxylic acids is 1. The van der Waals surface area contributed by atoms with Gasteiger partial charge in [-0.1, -0.05) is 6.07 Å². The smallest absolute Gasteiger partial charge is 0.414 e. The van der Waals surface area contributed by atoms with Crippen LogP contribution >= 0.6 is 0 Å². The van der Waals surface area contributed by atoms with Gasteiger partial charge in [-0.25, -0.2) is 9.18 Å². The summed E-state index contributed by atoms with van der Waals surface area (Å²) in [4.78, 5) is 12.9. The molecule has 1 atom stereocenters. The fourth-order valence-electron chi connectivity index (χ4n) is 1.65. The molecule has 1 saturated heterocycles. The van der Waals surface area contributed by atoms with Gasteiger partial charge in [-0.3, -0.25) is 4.90 Å². The molecule has 0 spiro atoms. The number of benzene rings is 1. The Labute approximate surface area is 92.6 Å². The zero-order chi connectivity index (χ0) is 11.5. The maximum Gasteiger partial charge on any atom is 0.414 e. The Hall–Kier alpha value is -1.62. The lowest BCUT2D eigenvalue weighted by Gasteiger charge is -2.12. The molecule has 0 saturated carbocycles. The van der Waals surface area contributed by atoms with E-state index in [1.54, 1.807) is 19.2 Å². The second-order valence-electron chi connectivity index (χ2n) is 3.55. The lowest BCUT2D eigenvalue weighted by molar-refractivity contribution is 0.0718. The molecule has 0 radical (unpaired) electrons. The summed E-state index contributed by atoms with van der Waals surface area (Å²) in [7, 11) is 1.54. The molecule has 5 heteroatoms. The largest absolute Gasteiger partial charge is 0.441 e. The van der Waals surface area contributed by atoms with E-state index >= 15 is 0 Å². The molecule has 1 aliphatic heterocycles. The third-order valence-corrected chi connectivity index (χ3v) is 2.35. The standard InChI is InChI=1S/C11H12FNO3/c1-15-7-10-6-13(11(14)16-10)9-4-2-3-8(12)5-9/h2-5,10H,6-7H2,1H3. The highest BCUT2D eigenvalue weighted by Gasteiger charge is 2.32. The summed E-state index contributed by atoms with van der Waals surface area (Å²) in [6, 6.07) is 5.86. The summed E-state index contributed by atoms with van der Waals surface area (Å²) in [5, 5.41) is 0. The van der Waals surface area contributed by atoms with Crippen molar-refractivity contribution in [1.29, 1.82) is 0 Å². The molecule has 1 unspecified atom stereocenters. The molecule has 1 aromatic carbocycles. The zero-order valence-electron chi connectivity index (χ0n) is 8.85. The number of carbonyl (C=O) groups is 1. The number of rotatable bonds is 3. The van der Waals surface area contributed by atoms with Crippen molar-refractivity contribution in [3.8, 4) is 0 Å². The minimum Gasteiger partial charge on any atom is -0.441 e. The lowest BCUT2D eigenvalue weighted by atomic mass is 10.2. The Bertz CT molecular complexity index is 397. The average molecular weight is 225 g/mol. The van der Waals surface area contributed by atoms with Crippen molar-refractivity contribution in [1.82, 2.24) is 0 Å². The van der Waals surface area contributed by atoms with Gasteiger partial charge >= 0.3 is 6.09 Å². The topological polar surface area (TPSA) is 38.8 Å². The monoisotopic (exact) mass is 225 g/mol. The Morgan fingerprint density at radius 2 is 2.44 bits per heavy atom. The van der Waals surface area contributed by atoms with Crippen molar-refractivity contribution in [3.63, 3.8) is 0 Å². The molecule has 1 aliphatic rings. The van der Waals surface area contributed by atoms with Crippen molar-refractivity contribution < 1.29 is 18.7 Å². The number of amides is 1. The van der Waals surface area contributed by atoms with Gasteiger partial charge in [0.25, 0.3) is 0 Å². The van der Waals surface area contributed by atoms with Crippen LogP contribution in [0.1, 0.15) is 0 Å². The zero-order valence-corrected chi connectivity index (χ0v) is 8.85. The molecule has 0 aliphatic carbocycles. The third-order valence-electron chi connectivity index (χ3n) is 2.35. The molecule has 1 amide bonds. The van der Waals surface area contributed by atoms with Crippen LogP contribution in [0.5, 0.6) is 0 Å². The summed E-state index contributed by atoms with van der Waals surface area (Å²) in [5.41, 5.74) is 0.503. The number of hydrogen-bond acceptors (Lipinski definition) is 3. The van der Waals surface area contributed by atoms with Crippen LogP contribution in [0.4, 0.5) is 14.9 Å². The van der Waals surface area contributed by atoms with Gasteiger partial charge in [-0.15, -0.1) is 0 Å². The summed E-state index contributed by atoms with van der Waals surface area (Å²) < 4.78 is 22.9. The van der Waals surface area contributed by atoms with E-state index in [2.05, 4.69) is 0 Å². The summed E-state index contributed by atoms with van der Waals surface area (Å²) in [5.74, 6) is -0.375. The van der Waals surface area contributed by atoms with Crippen LogP contribution in [-0.4, -0.2) is 32.5 Å². The average Bonchev–Trinajstić information content (AvgIpc) is 2.60. The number of anilines is 1. The first-order valence-electron chi connectivity index (χ1n) is 4.93. The van der Waals surface area contributed by atoms with E-state index in [9.17, 15) is 9.18 Å². The first kappa shape index (κ1) is 10.9. The Morgan fingerprint density at radius 1 is 1.62 bits per heavy atom. The van der Waals surface area contributed by atoms with Gasteiger partial charge in [0, 0.05) is 7.11 Å². The number of cyclic esters (lactones) is 1. The van der Waals surface area contributed by atoms with Crippen LogP contribution in [0.3, 0.4) is 0 Å². The number of methoxy groups -OCH3 is 1. The quantitative estimate of drug-likeness (QED) is 0.787. The Kier molecular flexibility index (Phi) is 3.05. The Balaban J connectivity index is 2.13. The maximum absolute atomic E-state index is 13.0. The molecular weight excluding hydrogens is 213 g/mol. The molecule has 1 fully saturated rings. The van der Waals surface area contributed by atoms with E-state index < -0.39 is 6.09 Å². The molecule has 86 valence electrons. The fraction of sp³-hybridized carbons (Fsp3) is 0.364. The van der Waals surface area contributed by atoms with E-state index in [4.69, 9.17) is 9.47 Å². The van der Waals surface area contributed by atoms with Crippen LogP contribution in [0.25, 0.3) is 0 Å². The SMILES string of the molecule is COCC1CN(c2cccc(F)c2)C(=O)O1. The van der Waals surface area contributed by atoms with Gasteiger partial charge in [0.1, 0.15) is 11.9 Å². The van der Waals surface area contributed by atoms with Crippen LogP contribution in [0, 0.1) is 5.82 Å². The molecule has 1 aromatic rings. The Morgan fingerprint density at radius 3 is 3.12 bits per heavy atom. The van der Waals surface area contributed by atoms with Gasteiger partial charge in [0.05, 0.1) is 18.8 Å². The third kappa shape index (κ3) is 2.14. The van der Waals surface area contributed by atoms with E-state index in [1.165, 1.54) is 17.0 Å². The normalized spacial score (nSPS) is 20.0. The number of ether oxygens (including phenoxy) is 2. The van der Waals surface area contributed by atoms with Crippen molar-refractivity contribution in [2.45, 2.75) is 6.10 Å². The van der Waals surface area contributed by atoms with Gasteiger partial charge < -0.3 is 9.47 Å². The highest BCUT2D eigenvalue weighted by Crippen LogP contribution is 2.22. The second-order valence-corrected chi connectivity index (χ2v) is 3.55. The van der Waals surface area contributed by atoms with E-state index in [1.807, 2.05) is 0 Å². The first-order valence-corrected chi connectivity index (χ1v) is 4.93. The number of nitrogens with zero attached hydrogens (tertiary/aromatic N) is 1. The van der Waals surface area contributed by atoms with E-state index in [-0.39, 0.29) is 11.9 Å². The van der Waals surface area contributed by atoms with Gasteiger partial charge in [0.2, 0.25) is 0 Å². The van der Waals surface area contributed by atoms with Crippen LogP contribution in [0.2, 0.25) is 0 Å². The number of halogens is 1. The predicted molar refractivity (Wildman–Crippen MR) is 55.9 cm³/mol. The predicted octanol–water partition coefficient (Wildman–Crippen LogP) is 1.80. The van der Waals surface area contributed by atoms with Crippen LogP contribution in [0.15, 0.2) is 24.3 Å². The molecule has 4 nitrogen and oxygen atoms in total. The fourth-order valence-corrected chi connectivity index (χ4v) is 1.65. The highest BCUT2D eigenvalue weighted by atomic mass is 19.1. The summed E-state index contributed by atoms with van der Waals surface area (Å²) >= 11 is 0. The first-order chi connectivity index (χ1) is 7.70. The molecule has 0 bridgehead atoms. The highest BCUT2D eigenvalue weighted by molar-refractivity contribution is 5.89. The summed E-state index contributed by atoms with van der Waals surface area (Å²) in [6.45, 7) is 0.730. The molecule has 2 rings (SSSR count). The second kappa shape index (κ2) is 4.49. The van der Waals surface area contributed by atoms with Crippen LogP contribution in [-0.2, 0) is 9.47 Å². The molecule has 16 heavy (non-hydrogen) atoms. The van der Waals surface area contributed by atoms with Gasteiger partial charge in [-0.2, -0.15) is 0 Å². The lowest BCUT2D eigenvalue weighted by Crippen LogP contribution is -2.25. The van der Waals surface area contributed by atoms with Crippen molar-refractivity contribution in [3.05, 3.63) is 30.1 Å². The van der Waals surface area contributed by atoms with Gasteiger partial charge in [0.15, 0.2) is 0 Å². The molecule has 1 heterocycles. The minimum atomic E-state index is -0.465. The van der Waals surface area contributed by atoms with Crippen molar-refractivity contribution >= 4 is 11.8 Å². The van der Waals surface area contributed by atoms with Crippen molar-refractivity contribution in [2.75, 3.05) is 25.2 Å². The van der Waals surface area contributed by atoms with Crippen molar-refractivity contribution in [2.24, 2.45) is 0 Å². The maximum atomic E-state index is 13.0. The van der Waals surface area contributed by atoms with E-state index in [0.29, 0.717) is 18.8 Å². The molecule has 0 N–H and O–H groups in total. The number of hydrogen-bond donors (Lipinski definition) is 0.